The van der Waals surface area contributed by atoms with Gasteiger partial charge in [0, 0.05) is 12.0 Å². The zero-order valence-corrected chi connectivity index (χ0v) is 11.7. The number of anilines is 1. The van der Waals surface area contributed by atoms with Gasteiger partial charge in [-0.1, -0.05) is 38.3 Å². The lowest BCUT2D eigenvalue weighted by Crippen LogP contribution is -2.39. The van der Waals surface area contributed by atoms with Crippen molar-refractivity contribution in [3.63, 3.8) is 0 Å². The van der Waals surface area contributed by atoms with Gasteiger partial charge in [0.05, 0.1) is 12.1 Å². The van der Waals surface area contributed by atoms with E-state index in [9.17, 15) is 5.11 Å². The monoisotopic (exact) mass is 269 g/mol. The van der Waals surface area contributed by atoms with E-state index in [0.717, 1.165) is 37.3 Å². The normalized spacial score (nSPS) is 18.3. The lowest BCUT2D eigenvalue weighted by molar-refractivity contribution is 0.213. The Hall–Kier alpha value is -0.870. The largest absolute Gasteiger partial charge is 0.394 e. The van der Waals surface area contributed by atoms with Gasteiger partial charge in [-0.25, -0.2) is 9.97 Å². The van der Waals surface area contributed by atoms with E-state index < -0.39 is 0 Å². The van der Waals surface area contributed by atoms with Gasteiger partial charge in [0.1, 0.15) is 16.8 Å². The Morgan fingerprint density at radius 3 is 2.61 bits per heavy atom. The van der Waals surface area contributed by atoms with Crippen LogP contribution >= 0.6 is 11.6 Å². The van der Waals surface area contributed by atoms with Crippen LogP contribution in [0.15, 0.2) is 6.07 Å². The van der Waals surface area contributed by atoms with Crippen LogP contribution < -0.4 is 5.32 Å². The standard InChI is InChI=1S/C13H20ClN3O/c1-9(2)12-15-10(14)7-11(16-12)17-13(8-18)5-3-4-6-13/h7,9,18H,3-6,8H2,1-2H3,(H,15,16,17). The Morgan fingerprint density at radius 2 is 2.06 bits per heavy atom. The number of aliphatic hydroxyl groups excluding tert-OH is 1. The summed E-state index contributed by atoms with van der Waals surface area (Å²) in [5.74, 6) is 1.68. The van der Waals surface area contributed by atoms with Crippen molar-refractivity contribution in [3.05, 3.63) is 17.0 Å². The third-order valence-corrected chi connectivity index (χ3v) is 3.68. The quantitative estimate of drug-likeness (QED) is 0.825. The first-order valence-corrected chi connectivity index (χ1v) is 6.86. The van der Waals surface area contributed by atoms with Crippen molar-refractivity contribution in [1.82, 2.24) is 9.97 Å². The predicted molar refractivity (Wildman–Crippen MR) is 73.0 cm³/mol. The van der Waals surface area contributed by atoms with Crippen LogP contribution in [0, 0.1) is 0 Å². The number of aromatic nitrogens is 2. The number of halogens is 1. The molecule has 0 radical (unpaired) electrons. The predicted octanol–water partition coefficient (Wildman–Crippen LogP) is 2.97. The maximum atomic E-state index is 9.59. The molecule has 1 fully saturated rings. The Labute approximate surface area is 113 Å². The molecule has 18 heavy (non-hydrogen) atoms. The van der Waals surface area contributed by atoms with Crippen molar-refractivity contribution in [1.29, 1.82) is 0 Å². The zero-order chi connectivity index (χ0) is 13.2. The average Bonchev–Trinajstić information content (AvgIpc) is 2.77. The minimum atomic E-state index is -0.230. The van der Waals surface area contributed by atoms with Crippen molar-refractivity contribution in [3.8, 4) is 0 Å². The fourth-order valence-electron chi connectivity index (χ4n) is 2.40. The van der Waals surface area contributed by atoms with E-state index in [1.54, 1.807) is 6.07 Å². The van der Waals surface area contributed by atoms with Crippen LogP contribution in [0.3, 0.4) is 0 Å². The Bertz CT molecular complexity index is 417. The molecule has 1 aromatic heterocycles. The lowest BCUT2D eigenvalue weighted by atomic mass is 9.99. The van der Waals surface area contributed by atoms with Gasteiger partial charge in [-0.2, -0.15) is 0 Å². The summed E-state index contributed by atoms with van der Waals surface area (Å²) in [5.41, 5.74) is -0.230. The highest BCUT2D eigenvalue weighted by molar-refractivity contribution is 6.29. The van der Waals surface area contributed by atoms with Gasteiger partial charge < -0.3 is 10.4 Å². The number of hydrogen-bond donors (Lipinski definition) is 2. The summed E-state index contributed by atoms with van der Waals surface area (Å²) in [6.45, 7) is 4.20. The maximum absolute atomic E-state index is 9.59. The Morgan fingerprint density at radius 1 is 1.39 bits per heavy atom. The summed E-state index contributed by atoms with van der Waals surface area (Å²) >= 11 is 6.01. The summed E-state index contributed by atoms with van der Waals surface area (Å²) in [5, 5.41) is 13.4. The van der Waals surface area contributed by atoms with E-state index in [1.807, 2.05) is 13.8 Å². The number of rotatable bonds is 4. The fraction of sp³-hybridized carbons (Fsp3) is 0.692. The molecule has 1 aliphatic carbocycles. The molecule has 100 valence electrons. The van der Waals surface area contributed by atoms with E-state index in [-0.39, 0.29) is 18.1 Å². The number of nitrogens with one attached hydrogen (secondary N) is 1. The summed E-state index contributed by atoms with van der Waals surface area (Å²) in [6, 6.07) is 1.73. The summed E-state index contributed by atoms with van der Waals surface area (Å²) < 4.78 is 0. The molecular formula is C13H20ClN3O. The number of aliphatic hydroxyl groups is 1. The molecule has 0 spiro atoms. The molecule has 0 aliphatic heterocycles. The third-order valence-electron chi connectivity index (χ3n) is 3.49. The molecule has 2 N–H and O–H groups in total. The number of hydrogen-bond acceptors (Lipinski definition) is 4. The first kappa shape index (κ1) is 13.6. The van der Waals surface area contributed by atoms with Crippen LogP contribution in [-0.4, -0.2) is 27.2 Å². The van der Waals surface area contributed by atoms with Crippen molar-refractivity contribution in [2.75, 3.05) is 11.9 Å². The molecule has 0 saturated heterocycles. The van der Waals surface area contributed by atoms with Gasteiger partial charge in [0.25, 0.3) is 0 Å². The van der Waals surface area contributed by atoms with Crippen LogP contribution in [-0.2, 0) is 0 Å². The van der Waals surface area contributed by atoms with Crippen LogP contribution in [0.1, 0.15) is 51.3 Å². The molecule has 4 nitrogen and oxygen atoms in total. The fourth-order valence-corrected chi connectivity index (χ4v) is 2.59. The highest BCUT2D eigenvalue weighted by atomic mass is 35.5. The zero-order valence-electron chi connectivity index (χ0n) is 10.9. The van der Waals surface area contributed by atoms with Crippen LogP contribution in [0.25, 0.3) is 0 Å². The minimum Gasteiger partial charge on any atom is -0.394 e. The topological polar surface area (TPSA) is 58.0 Å². The van der Waals surface area contributed by atoms with Crippen LogP contribution in [0.4, 0.5) is 5.82 Å². The molecule has 0 atom stereocenters. The smallest absolute Gasteiger partial charge is 0.135 e. The number of nitrogens with zero attached hydrogens (tertiary/aromatic N) is 2. The average molecular weight is 270 g/mol. The van der Waals surface area contributed by atoms with E-state index in [0.29, 0.717) is 5.15 Å². The van der Waals surface area contributed by atoms with Gasteiger partial charge in [-0.3, -0.25) is 0 Å². The van der Waals surface area contributed by atoms with Gasteiger partial charge in [-0.15, -0.1) is 0 Å². The highest BCUT2D eigenvalue weighted by Crippen LogP contribution is 2.32. The summed E-state index contributed by atoms with van der Waals surface area (Å²) in [6.07, 6.45) is 4.23. The third kappa shape index (κ3) is 2.93. The highest BCUT2D eigenvalue weighted by Gasteiger charge is 2.33. The molecule has 0 amide bonds. The molecule has 1 aliphatic rings. The minimum absolute atomic E-state index is 0.131. The second-order valence-electron chi connectivity index (χ2n) is 5.36. The van der Waals surface area contributed by atoms with Crippen molar-refractivity contribution >= 4 is 17.4 Å². The van der Waals surface area contributed by atoms with Gasteiger partial charge in [-0.05, 0) is 12.8 Å². The Balaban J connectivity index is 2.22. The molecule has 1 heterocycles. The molecule has 0 bridgehead atoms. The summed E-state index contributed by atoms with van der Waals surface area (Å²) in [7, 11) is 0. The Kier molecular flexibility index (Phi) is 4.07. The first-order valence-electron chi connectivity index (χ1n) is 6.48. The molecule has 1 saturated carbocycles. The van der Waals surface area contributed by atoms with E-state index in [2.05, 4.69) is 15.3 Å². The lowest BCUT2D eigenvalue weighted by Gasteiger charge is -2.28. The van der Waals surface area contributed by atoms with Gasteiger partial charge >= 0.3 is 0 Å². The van der Waals surface area contributed by atoms with Crippen LogP contribution in [0.5, 0.6) is 0 Å². The maximum Gasteiger partial charge on any atom is 0.135 e. The van der Waals surface area contributed by atoms with E-state index >= 15 is 0 Å². The SMILES string of the molecule is CC(C)c1nc(Cl)cc(NC2(CO)CCCC2)n1. The molecule has 2 rings (SSSR count). The van der Waals surface area contributed by atoms with Gasteiger partial charge in [0.15, 0.2) is 0 Å². The second kappa shape index (κ2) is 5.41. The first-order chi connectivity index (χ1) is 8.54. The van der Waals surface area contributed by atoms with Crippen molar-refractivity contribution < 1.29 is 5.11 Å². The summed E-state index contributed by atoms with van der Waals surface area (Å²) in [4.78, 5) is 8.68. The van der Waals surface area contributed by atoms with Crippen molar-refractivity contribution in [2.24, 2.45) is 0 Å². The molecule has 5 heteroatoms. The van der Waals surface area contributed by atoms with Crippen molar-refractivity contribution in [2.45, 2.75) is 51.0 Å². The van der Waals surface area contributed by atoms with Gasteiger partial charge in [0.2, 0.25) is 0 Å². The molecule has 0 aromatic carbocycles. The van der Waals surface area contributed by atoms with E-state index in [1.165, 1.54) is 0 Å². The van der Waals surface area contributed by atoms with Crippen LogP contribution in [0.2, 0.25) is 5.15 Å². The second-order valence-corrected chi connectivity index (χ2v) is 5.75. The molecule has 1 aromatic rings. The van der Waals surface area contributed by atoms with E-state index in [4.69, 9.17) is 11.6 Å². The molecular weight excluding hydrogens is 250 g/mol. The molecule has 0 unspecified atom stereocenters.